The van der Waals surface area contributed by atoms with E-state index in [1.54, 1.807) is 11.3 Å². The summed E-state index contributed by atoms with van der Waals surface area (Å²) in [6, 6.07) is 12.5. The predicted octanol–water partition coefficient (Wildman–Crippen LogP) is 4.02. The molecule has 0 bridgehead atoms. The number of anilines is 1. The Kier molecular flexibility index (Phi) is 5.62. The van der Waals surface area contributed by atoms with Gasteiger partial charge in [0.15, 0.2) is 5.82 Å². The minimum absolute atomic E-state index is 0.207. The maximum atomic E-state index is 12.5. The van der Waals surface area contributed by atoms with Crippen LogP contribution in [0, 0.1) is 20.8 Å². The number of thiophene rings is 1. The lowest BCUT2D eigenvalue weighted by Gasteiger charge is -2.35. The zero-order valence-corrected chi connectivity index (χ0v) is 18.0. The maximum absolute atomic E-state index is 12.5. The molecular formula is C23H26N4OS. The van der Waals surface area contributed by atoms with E-state index >= 15 is 0 Å². The molecule has 6 heteroatoms. The number of carbonyl (C=O) groups excluding carboxylic acids is 1. The van der Waals surface area contributed by atoms with E-state index in [9.17, 15) is 4.79 Å². The largest absolute Gasteiger partial charge is 0.352 e. The highest BCUT2D eigenvalue weighted by atomic mass is 32.1. The van der Waals surface area contributed by atoms with Crippen molar-refractivity contribution in [2.75, 3.05) is 31.1 Å². The Balaban J connectivity index is 1.39. The summed E-state index contributed by atoms with van der Waals surface area (Å²) < 4.78 is 0. The van der Waals surface area contributed by atoms with Crippen LogP contribution in [0.15, 0.2) is 41.8 Å². The molecule has 2 aromatic heterocycles. The summed E-state index contributed by atoms with van der Waals surface area (Å²) >= 11 is 1.64. The van der Waals surface area contributed by atoms with Crippen LogP contribution < -0.4 is 4.90 Å². The topological polar surface area (TPSA) is 49.3 Å². The second kappa shape index (κ2) is 8.33. The normalized spacial score (nSPS) is 14.3. The molecule has 0 atom stereocenters. The van der Waals surface area contributed by atoms with Gasteiger partial charge in [-0.25, -0.2) is 0 Å². The molecule has 1 amide bonds. The van der Waals surface area contributed by atoms with Crippen molar-refractivity contribution in [1.29, 1.82) is 0 Å². The first-order chi connectivity index (χ1) is 14.0. The Hall–Kier alpha value is -2.73. The summed E-state index contributed by atoms with van der Waals surface area (Å²) in [7, 11) is 0. The molecule has 0 aliphatic carbocycles. The lowest BCUT2D eigenvalue weighted by Crippen LogP contribution is -2.49. The Morgan fingerprint density at radius 1 is 0.966 bits per heavy atom. The summed E-state index contributed by atoms with van der Waals surface area (Å²) in [6.07, 6.45) is 0.501. The molecule has 1 aliphatic heterocycles. The summed E-state index contributed by atoms with van der Waals surface area (Å²) in [6.45, 7) is 9.39. The van der Waals surface area contributed by atoms with Crippen LogP contribution in [0.5, 0.6) is 0 Å². The molecule has 3 aromatic rings. The van der Waals surface area contributed by atoms with Gasteiger partial charge in [0.2, 0.25) is 5.91 Å². The lowest BCUT2D eigenvalue weighted by molar-refractivity contribution is -0.130. The Bertz CT molecular complexity index is 990. The van der Waals surface area contributed by atoms with E-state index in [1.165, 1.54) is 16.7 Å². The number of hydrogen-bond acceptors (Lipinski definition) is 5. The van der Waals surface area contributed by atoms with E-state index in [0.29, 0.717) is 6.42 Å². The third-order valence-electron chi connectivity index (χ3n) is 5.63. The molecule has 4 rings (SSSR count). The van der Waals surface area contributed by atoms with Crippen LogP contribution in [-0.4, -0.2) is 47.2 Å². The van der Waals surface area contributed by atoms with Crippen molar-refractivity contribution in [2.45, 2.75) is 27.2 Å². The minimum atomic E-state index is 0.207. The van der Waals surface area contributed by atoms with Gasteiger partial charge in [-0.3, -0.25) is 4.79 Å². The number of aromatic nitrogens is 2. The second-order valence-corrected chi connectivity index (χ2v) is 8.68. The van der Waals surface area contributed by atoms with Crippen LogP contribution in [0.3, 0.4) is 0 Å². The molecule has 3 heterocycles. The predicted molar refractivity (Wildman–Crippen MR) is 118 cm³/mol. The molecule has 0 unspecified atom stereocenters. The number of aryl methyl sites for hydroxylation is 3. The lowest BCUT2D eigenvalue weighted by atomic mass is 9.99. The molecule has 1 fully saturated rings. The van der Waals surface area contributed by atoms with Crippen molar-refractivity contribution in [2.24, 2.45) is 0 Å². The Morgan fingerprint density at radius 3 is 2.38 bits per heavy atom. The summed E-state index contributed by atoms with van der Waals surface area (Å²) in [5.74, 6) is 1.08. The van der Waals surface area contributed by atoms with Gasteiger partial charge in [0.1, 0.15) is 0 Å². The van der Waals surface area contributed by atoms with Crippen molar-refractivity contribution in [3.63, 3.8) is 0 Å². The fourth-order valence-electron chi connectivity index (χ4n) is 3.73. The quantitative estimate of drug-likeness (QED) is 0.657. The van der Waals surface area contributed by atoms with Gasteiger partial charge in [0.25, 0.3) is 0 Å². The van der Waals surface area contributed by atoms with Crippen molar-refractivity contribution in [1.82, 2.24) is 15.1 Å². The first kappa shape index (κ1) is 19.6. The molecular weight excluding hydrogens is 380 g/mol. The number of piperazine rings is 1. The summed E-state index contributed by atoms with van der Waals surface area (Å²) in [4.78, 5) is 17.8. The highest BCUT2D eigenvalue weighted by Crippen LogP contribution is 2.25. The Morgan fingerprint density at radius 2 is 1.72 bits per heavy atom. The fourth-order valence-corrected chi connectivity index (χ4v) is 4.43. The van der Waals surface area contributed by atoms with E-state index in [0.717, 1.165) is 48.1 Å². The van der Waals surface area contributed by atoms with E-state index in [4.69, 9.17) is 0 Å². The van der Waals surface area contributed by atoms with Crippen molar-refractivity contribution >= 4 is 23.1 Å². The third-order valence-corrected chi connectivity index (χ3v) is 6.51. The van der Waals surface area contributed by atoms with Crippen molar-refractivity contribution < 1.29 is 4.79 Å². The molecule has 150 valence electrons. The SMILES string of the molecule is Cc1cc(C)c(-c2ccc(N3CCN(C(=O)Cc4cccs4)CC3)nn2)cc1C. The molecule has 0 spiro atoms. The van der Waals surface area contributed by atoms with E-state index in [2.05, 4.69) is 48.0 Å². The van der Waals surface area contributed by atoms with Gasteiger partial charge in [-0.05, 0) is 67.1 Å². The van der Waals surface area contributed by atoms with E-state index in [-0.39, 0.29) is 5.91 Å². The van der Waals surface area contributed by atoms with Gasteiger partial charge in [0, 0.05) is 36.6 Å². The zero-order chi connectivity index (χ0) is 20.4. The first-order valence-corrected chi connectivity index (χ1v) is 10.9. The number of nitrogens with zero attached hydrogens (tertiary/aromatic N) is 4. The molecule has 0 saturated carbocycles. The van der Waals surface area contributed by atoms with E-state index < -0.39 is 0 Å². The van der Waals surface area contributed by atoms with Crippen molar-refractivity contribution in [3.05, 3.63) is 63.3 Å². The third kappa shape index (κ3) is 4.32. The van der Waals surface area contributed by atoms with Gasteiger partial charge in [0.05, 0.1) is 12.1 Å². The van der Waals surface area contributed by atoms with Crippen LogP contribution in [0.4, 0.5) is 5.82 Å². The monoisotopic (exact) mass is 406 g/mol. The highest BCUT2D eigenvalue weighted by Gasteiger charge is 2.22. The van der Waals surface area contributed by atoms with Gasteiger partial charge in [-0.1, -0.05) is 12.1 Å². The van der Waals surface area contributed by atoms with Gasteiger partial charge in [-0.2, -0.15) is 0 Å². The van der Waals surface area contributed by atoms with Crippen LogP contribution in [-0.2, 0) is 11.2 Å². The summed E-state index contributed by atoms with van der Waals surface area (Å²) in [5.41, 5.74) is 5.81. The molecule has 0 radical (unpaired) electrons. The minimum Gasteiger partial charge on any atom is -0.352 e. The van der Waals surface area contributed by atoms with Crippen LogP contribution in [0.25, 0.3) is 11.3 Å². The van der Waals surface area contributed by atoms with Crippen LogP contribution in [0.2, 0.25) is 0 Å². The standard InChI is InChI=1S/C23H26N4OS/c1-16-13-18(3)20(14-17(16)2)21-6-7-22(25-24-21)26-8-10-27(11-9-26)23(28)15-19-5-4-12-29-19/h4-7,12-14H,8-11,15H2,1-3H3. The highest BCUT2D eigenvalue weighted by molar-refractivity contribution is 7.10. The number of carbonyl (C=O) groups is 1. The van der Waals surface area contributed by atoms with Gasteiger partial charge in [-0.15, -0.1) is 21.5 Å². The number of rotatable bonds is 4. The van der Waals surface area contributed by atoms with Crippen LogP contribution in [0.1, 0.15) is 21.6 Å². The molecule has 29 heavy (non-hydrogen) atoms. The number of benzene rings is 1. The molecule has 1 aliphatic rings. The Labute approximate surface area is 176 Å². The average molecular weight is 407 g/mol. The van der Waals surface area contributed by atoms with Gasteiger partial charge < -0.3 is 9.80 Å². The number of amides is 1. The smallest absolute Gasteiger partial charge is 0.227 e. The summed E-state index contributed by atoms with van der Waals surface area (Å²) in [5, 5.41) is 11.0. The molecule has 5 nitrogen and oxygen atoms in total. The fraction of sp³-hybridized carbons (Fsp3) is 0.348. The molecule has 1 saturated heterocycles. The molecule has 1 aromatic carbocycles. The van der Waals surface area contributed by atoms with E-state index in [1.807, 2.05) is 34.5 Å². The van der Waals surface area contributed by atoms with Crippen LogP contribution >= 0.6 is 11.3 Å². The maximum Gasteiger partial charge on any atom is 0.227 e. The van der Waals surface area contributed by atoms with Gasteiger partial charge >= 0.3 is 0 Å². The molecule has 0 N–H and O–H groups in total. The van der Waals surface area contributed by atoms with Crippen molar-refractivity contribution in [3.8, 4) is 11.3 Å². The number of hydrogen-bond donors (Lipinski definition) is 0. The first-order valence-electron chi connectivity index (χ1n) is 9.98. The zero-order valence-electron chi connectivity index (χ0n) is 17.2. The average Bonchev–Trinajstić information content (AvgIpc) is 3.24. The second-order valence-electron chi connectivity index (χ2n) is 7.65.